The lowest BCUT2D eigenvalue weighted by atomic mass is 10.1. The van der Waals surface area contributed by atoms with Crippen LogP contribution >= 0.6 is 11.3 Å². The number of hydrogen-bond donors (Lipinski definition) is 1. The summed E-state index contributed by atoms with van der Waals surface area (Å²) in [5.74, 6) is 0.777. The van der Waals surface area contributed by atoms with Crippen LogP contribution < -0.4 is 5.32 Å². The number of imidazole rings is 1. The van der Waals surface area contributed by atoms with Gasteiger partial charge in [-0.05, 0) is 24.6 Å². The van der Waals surface area contributed by atoms with Crippen LogP contribution in [-0.2, 0) is 17.8 Å². The summed E-state index contributed by atoms with van der Waals surface area (Å²) in [4.78, 5) is 21.6. The lowest BCUT2D eigenvalue weighted by Gasteiger charge is -2.09. The highest BCUT2D eigenvalue weighted by molar-refractivity contribution is 7.13. The smallest absolute Gasteiger partial charge is 0.246 e. The number of anilines is 1. The minimum absolute atomic E-state index is 0.100. The fraction of sp³-hybridized carbons (Fsp3) is 0.150. The molecule has 0 saturated carbocycles. The van der Waals surface area contributed by atoms with Crippen LogP contribution in [0.5, 0.6) is 0 Å². The predicted molar refractivity (Wildman–Crippen MR) is 104 cm³/mol. The van der Waals surface area contributed by atoms with E-state index in [1.165, 1.54) is 16.9 Å². The van der Waals surface area contributed by atoms with E-state index in [9.17, 15) is 4.79 Å². The van der Waals surface area contributed by atoms with Gasteiger partial charge in [0, 0.05) is 11.8 Å². The van der Waals surface area contributed by atoms with Crippen LogP contribution in [0.15, 0.2) is 60.0 Å². The van der Waals surface area contributed by atoms with Gasteiger partial charge in [-0.25, -0.2) is 9.97 Å². The third kappa shape index (κ3) is 3.50. The SMILES string of the molecule is Cc1csc(NC(=O)Cn2c(Cc3ccccc3)nc3ccccc32)n1. The van der Waals surface area contributed by atoms with E-state index in [4.69, 9.17) is 4.98 Å². The summed E-state index contributed by atoms with van der Waals surface area (Å²) in [5, 5.41) is 5.42. The third-order valence-corrected chi connectivity index (χ3v) is 4.98. The van der Waals surface area contributed by atoms with Crippen LogP contribution in [0.4, 0.5) is 5.13 Å². The number of hydrogen-bond acceptors (Lipinski definition) is 4. The summed E-state index contributed by atoms with van der Waals surface area (Å²) in [5.41, 5.74) is 3.93. The zero-order valence-corrected chi connectivity index (χ0v) is 15.2. The van der Waals surface area contributed by atoms with E-state index in [2.05, 4.69) is 22.4 Å². The summed E-state index contributed by atoms with van der Waals surface area (Å²) in [7, 11) is 0. The van der Waals surface area contributed by atoms with Crippen LogP contribution in [-0.4, -0.2) is 20.4 Å². The Morgan fingerprint density at radius 3 is 2.62 bits per heavy atom. The molecule has 4 aromatic rings. The van der Waals surface area contributed by atoms with Crippen molar-refractivity contribution in [3.8, 4) is 0 Å². The summed E-state index contributed by atoms with van der Waals surface area (Å²) in [6.07, 6.45) is 0.680. The van der Waals surface area contributed by atoms with Gasteiger partial charge in [-0.15, -0.1) is 11.3 Å². The molecule has 1 N–H and O–H groups in total. The summed E-state index contributed by atoms with van der Waals surface area (Å²) in [6.45, 7) is 2.12. The molecule has 2 aromatic heterocycles. The molecule has 0 aliphatic rings. The van der Waals surface area contributed by atoms with E-state index in [0.717, 1.165) is 22.6 Å². The van der Waals surface area contributed by atoms with E-state index in [-0.39, 0.29) is 12.5 Å². The van der Waals surface area contributed by atoms with Gasteiger partial charge in [-0.2, -0.15) is 0 Å². The molecule has 0 fully saturated rings. The van der Waals surface area contributed by atoms with Crippen LogP contribution in [0.1, 0.15) is 17.1 Å². The average Bonchev–Trinajstić information content (AvgIpc) is 3.20. The minimum Gasteiger partial charge on any atom is -0.318 e. The number of benzene rings is 2. The molecule has 130 valence electrons. The van der Waals surface area contributed by atoms with Gasteiger partial charge in [0.2, 0.25) is 5.91 Å². The lowest BCUT2D eigenvalue weighted by molar-refractivity contribution is -0.116. The summed E-state index contributed by atoms with van der Waals surface area (Å²) < 4.78 is 1.98. The lowest BCUT2D eigenvalue weighted by Crippen LogP contribution is -2.20. The van der Waals surface area contributed by atoms with Gasteiger partial charge in [0.1, 0.15) is 12.4 Å². The molecule has 0 unspecified atom stereocenters. The van der Waals surface area contributed by atoms with Gasteiger partial charge in [0.25, 0.3) is 0 Å². The number of fused-ring (bicyclic) bond motifs is 1. The van der Waals surface area contributed by atoms with E-state index in [0.29, 0.717) is 11.6 Å². The molecule has 4 rings (SSSR count). The Hall–Kier alpha value is -2.99. The molecule has 0 saturated heterocycles. The maximum Gasteiger partial charge on any atom is 0.246 e. The first-order chi connectivity index (χ1) is 12.7. The van der Waals surface area contributed by atoms with E-state index >= 15 is 0 Å². The average molecular weight is 362 g/mol. The summed E-state index contributed by atoms with van der Waals surface area (Å²) >= 11 is 1.43. The van der Waals surface area contributed by atoms with E-state index in [1.807, 2.05) is 59.3 Å². The Labute approximate surface area is 155 Å². The Morgan fingerprint density at radius 1 is 1.08 bits per heavy atom. The monoisotopic (exact) mass is 362 g/mol. The molecule has 1 amide bonds. The first kappa shape index (κ1) is 16.5. The first-order valence-electron chi connectivity index (χ1n) is 8.39. The number of carbonyl (C=O) groups is 1. The maximum atomic E-state index is 12.5. The maximum absolute atomic E-state index is 12.5. The van der Waals surface area contributed by atoms with Gasteiger partial charge in [-0.1, -0.05) is 42.5 Å². The molecule has 0 bridgehead atoms. The molecule has 6 heteroatoms. The fourth-order valence-electron chi connectivity index (χ4n) is 2.93. The molecule has 5 nitrogen and oxygen atoms in total. The fourth-order valence-corrected chi connectivity index (χ4v) is 3.63. The summed E-state index contributed by atoms with van der Waals surface area (Å²) in [6, 6.07) is 18.1. The largest absolute Gasteiger partial charge is 0.318 e. The second-order valence-corrected chi connectivity index (χ2v) is 6.97. The van der Waals surface area contributed by atoms with Crippen molar-refractivity contribution in [1.29, 1.82) is 0 Å². The van der Waals surface area contributed by atoms with Crippen molar-refractivity contribution in [2.75, 3.05) is 5.32 Å². The van der Waals surface area contributed by atoms with Gasteiger partial charge in [0.05, 0.1) is 16.7 Å². The molecule has 0 radical (unpaired) electrons. The van der Waals surface area contributed by atoms with Crippen molar-refractivity contribution in [2.24, 2.45) is 0 Å². The second-order valence-electron chi connectivity index (χ2n) is 6.11. The topological polar surface area (TPSA) is 59.8 Å². The number of rotatable bonds is 5. The third-order valence-electron chi connectivity index (χ3n) is 4.11. The van der Waals surface area contributed by atoms with Crippen LogP contribution in [0.3, 0.4) is 0 Å². The van der Waals surface area contributed by atoms with Gasteiger partial charge >= 0.3 is 0 Å². The van der Waals surface area contributed by atoms with Crippen LogP contribution in [0, 0.1) is 6.92 Å². The van der Waals surface area contributed by atoms with Crippen LogP contribution in [0.25, 0.3) is 11.0 Å². The van der Waals surface area contributed by atoms with E-state index < -0.39 is 0 Å². The number of nitrogens with one attached hydrogen (secondary N) is 1. The van der Waals surface area contributed by atoms with Crippen molar-refractivity contribution in [2.45, 2.75) is 19.9 Å². The standard InChI is InChI=1S/C20H18N4OS/c1-14-13-26-20(21-14)23-19(25)12-24-17-10-6-5-9-16(17)22-18(24)11-15-7-3-2-4-8-15/h2-10,13H,11-12H2,1H3,(H,21,23,25). The van der Waals surface area contributed by atoms with Crippen molar-refractivity contribution in [3.63, 3.8) is 0 Å². The Balaban J connectivity index is 1.63. The van der Waals surface area contributed by atoms with Gasteiger partial charge in [-0.3, -0.25) is 4.79 Å². The highest BCUT2D eigenvalue weighted by Crippen LogP contribution is 2.20. The predicted octanol–water partition coefficient (Wildman–Crippen LogP) is 4.03. The second kappa shape index (κ2) is 7.09. The van der Waals surface area contributed by atoms with Gasteiger partial charge in [0.15, 0.2) is 5.13 Å². The van der Waals surface area contributed by atoms with E-state index in [1.54, 1.807) is 0 Å². The molecular formula is C20H18N4OS. The highest BCUT2D eigenvalue weighted by atomic mass is 32.1. The Morgan fingerprint density at radius 2 is 1.85 bits per heavy atom. The number of nitrogens with zero attached hydrogens (tertiary/aromatic N) is 3. The molecule has 26 heavy (non-hydrogen) atoms. The normalized spacial score (nSPS) is 11.0. The van der Waals surface area contributed by atoms with Crippen LogP contribution in [0.2, 0.25) is 0 Å². The minimum atomic E-state index is -0.100. The number of aromatic nitrogens is 3. The Kier molecular flexibility index (Phi) is 4.50. The van der Waals surface area contributed by atoms with Crippen molar-refractivity contribution < 1.29 is 4.79 Å². The number of para-hydroxylation sites is 2. The number of amides is 1. The first-order valence-corrected chi connectivity index (χ1v) is 9.27. The molecule has 0 atom stereocenters. The molecule has 2 aromatic carbocycles. The molecular weight excluding hydrogens is 344 g/mol. The zero-order valence-electron chi connectivity index (χ0n) is 14.3. The quantitative estimate of drug-likeness (QED) is 0.583. The molecule has 2 heterocycles. The van der Waals surface area contributed by atoms with Crippen molar-refractivity contribution in [1.82, 2.24) is 14.5 Å². The molecule has 0 aliphatic carbocycles. The van der Waals surface area contributed by atoms with Gasteiger partial charge < -0.3 is 9.88 Å². The zero-order chi connectivity index (χ0) is 17.9. The number of carbonyl (C=O) groups excluding carboxylic acids is 1. The highest BCUT2D eigenvalue weighted by Gasteiger charge is 2.15. The number of thiazole rings is 1. The van der Waals surface area contributed by atoms with Crippen molar-refractivity contribution >= 4 is 33.4 Å². The van der Waals surface area contributed by atoms with Crippen molar-refractivity contribution in [3.05, 3.63) is 77.1 Å². The number of aryl methyl sites for hydroxylation is 1. The Bertz CT molecular complexity index is 1050. The molecule has 0 aliphatic heterocycles. The molecule has 0 spiro atoms.